The topological polar surface area (TPSA) is 42.0 Å². The number of hydrogen-bond donors (Lipinski definition) is 1. The van der Waals surface area contributed by atoms with Crippen LogP contribution >= 0.6 is 0 Å². The lowest BCUT2D eigenvalue weighted by atomic mass is 10.1. The van der Waals surface area contributed by atoms with E-state index >= 15 is 0 Å². The smallest absolute Gasteiger partial charge is 0.115 e. The second-order valence-corrected chi connectivity index (χ2v) is 2.73. The molecule has 0 aliphatic carbocycles. The summed E-state index contributed by atoms with van der Waals surface area (Å²) in [5.41, 5.74) is -0.0303. The third-order valence-electron chi connectivity index (χ3n) is 1.75. The maximum Gasteiger partial charge on any atom is 0.115 e. The standard InChI is InChI=1S/C7H14O3/c1-9-5-7(6-10-7)3-2-4-8/h8H,2-6H2,1H3. The number of ether oxygens (including phenoxy) is 2. The highest BCUT2D eigenvalue weighted by molar-refractivity contribution is 4.91. The Kier molecular flexibility index (Phi) is 2.65. The Hall–Kier alpha value is -0.120. The van der Waals surface area contributed by atoms with Crippen molar-refractivity contribution in [3.05, 3.63) is 0 Å². The molecule has 1 aliphatic rings. The van der Waals surface area contributed by atoms with E-state index in [1.54, 1.807) is 7.11 Å². The third-order valence-corrected chi connectivity index (χ3v) is 1.75. The molecule has 0 amide bonds. The molecule has 0 spiro atoms. The lowest BCUT2D eigenvalue weighted by molar-refractivity contribution is 0.110. The van der Waals surface area contributed by atoms with Crippen molar-refractivity contribution in [1.82, 2.24) is 0 Å². The quantitative estimate of drug-likeness (QED) is 0.562. The highest BCUT2D eigenvalue weighted by Crippen LogP contribution is 2.31. The van der Waals surface area contributed by atoms with Gasteiger partial charge >= 0.3 is 0 Å². The maximum atomic E-state index is 8.53. The fraction of sp³-hybridized carbons (Fsp3) is 1.00. The van der Waals surface area contributed by atoms with E-state index < -0.39 is 0 Å². The summed E-state index contributed by atoms with van der Waals surface area (Å²) in [5.74, 6) is 0. The highest BCUT2D eigenvalue weighted by atomic mass is 16.6. The van der Waals surface area contributed by atoms with Crippen LogP contribution in [0.2, 0.25) is 0 Å². The summed E-state index contributed by atoms with van der Waals surface area (Å²) >= 11 is 0. The van der Waals surface area contributed by atoms with Gasteiger partial charge in [0.05, 0.1) is 13.2 Å². The van der Waals surface area contributed by atoms with E-state index in [2.05, 4.69) is 0 Å². The van der Waals surface area contributed by atoms with Crippen LogP contribution in [-0.2, 0) is 9.47 Å². The molecule has 1 rings (SSSR count). The highest BCUT2D eigenvalue weighted by Gasteiger charge is 2.43. The van der Waals surface area contributed by atoms with Gasteiger partial charge in [-0.1, -0.05) is 0 Å². The predicted molar refractivity (Wildman–Crippen MR) is 36.9 cm³/mol. The summed E-state index contributed by atoms with van der Waals surface area (Å²) in [6.07, 6.45) is 1.72. The van der Waals surface area contributed by atoms with E-state index in [4.69, 9.17) is 14.6 Å². The summed E-state index contributed by atoms with van der Waals surface area (Å²) < 4.78 is 10.2. The van der Waals surface area contributed by atoms with E-state index in [0.29, 0.717) is 6.61 Å². The van der Waals surface area contributed by atoms with Gasteiger partial charge in [-0.15, -0.1) is 0 Å². The lowest BCUT2D eigenvalue weighted by Crippen LogP contribution is -2.18. The summed E-state index contributed by atoms with van der Waals surface area (Å²) in [4.78, 5) is 0. The van der Waals surface area contributed by atoms with E-state index in [1.165, 1.54) is 0 Å². The molecular formula is C7H14O3. The lowest BCUT2D eigenvalue weighted by Gasteiger charge is -2.07. The van der Waals surface area contributed by atoms with Crippen LogP contribution in [0.5, 0.6) is 0 Å². The van der Waals surface area contributed by atoms with Crippen molar-refractivity contribution in [3.63, 3.8) is 0 Å². The Morgan fingerprint density at radius 3 is 2.80 bits per heavy atom. The van der Waals surface area contributed by atoms with Crippen molar-refractivity contribution in [3.8, 4) is 0 Å². The number of epoxide rings is 1. The van der Waals surface area contributed by atoms with Gasteiger partial charge in [-0.2, -0.15) is 0 Å². The predicted octanol–water partition coefficient (Wildman–Crippen LogP) is 0.174. The van der Waals surface area contributed by atoms with Gasteiger partial charge in [-0.25, -0.2) is 0 Å². The minimum atomic E-state index is -0.0303. The number of rotatable bonds is 5. The van der Waals surface area contributed by atoms with E-state index in [0.717, 1.165) is 19.4 Å². The van der Waals surface area contributed by atoms with E-state index in [1.807, 2.05) is 0 Å². The van der Waals surface area contributed by atoms with Gasteiger partial charge in [0.15, 0.2) is 0 Å². The Labute approximate surface area is 60.9 Å². The summed E-state index contributed by atoms with van der Waals surface area (Å²) in [5, 5.41) is 8.53. The SMILES string of the molecule is COCC1(CCCO)CO1. The Morgan fingerprint density at radius 2 is 2.40 bits per heavy atom. The number of hydrogen-bond acceptors (Lipinski definition) is 3. The molecule has 1 saturated heterocycles. The molecule has 10 heavy (non-hydrogen) atoms. The first kappa shape index (κ1) is 7.98. The Balaban J connectivity index is 2.11. The molecule has 1 N–H and O–H groups in total. The van der Waals surface area contributed by atoms with Crippen LogP contribution in [0.1, 0.15) is 12.8 Å². The minimum absolute atomic E-state index is 0.0303. The van der Waals surface area contributed by atoms with Crippen molar-refractivity contribution in [2.24, 2.45) is 0 Å². The Morgan fingerprint density at radius 1 is 1.70 bits per heavy atom. The summed E-state index contributed by atoms with van der Waals surface area (Å²) in [7, 11) is 1.67. The van der Waals surface area contributed by atoms with E-state index in [-0.39, 0.29) is 12.2 Å². The molecule has 0 saturated carbocycles. The van der Waals surface area contributed by atoms with Crippen LogP contribution in [-0.4, -0.2) is 37.6 Å². The molecule has 1 unspecified atom stereocenters. The minimum Gasteiger partial charge on any atom is -0.396 e. The van der Waals surface area contributed by atoms with Gasteiger partial charge in [-0.05, 0) is 12.8 Å². The second kappa shape index (κ2) is 3.32. The summed E-state index contributed by atoms with van der Waals surface area (Å²) in [6.45, 7) is 1.70. The van der Waals surface area contributed by atoms with Crippen molar-refractivity contribution in [1.29, 1.82) is 0 Å². The first-order valence-electron chi connectivity index (χ1n) is 3.57. The van der Waals surface area contributed by atoms with Crippen LogP contribution in [0.15, 0.2) is 0 Å². The molecule has 1 heterocycles. The first-order chi connectivity index (χ1) is 4.83. The van der Waals surface area contributed by atoms with Gasteiger partial charge in [0.1, 0.15) is 5.60 Å². The van der Waals surface area contributed by atoms with Crippen LogP contribution in [0.25, 0.3) is 0 Å². The molecule has 3 heteroatoms. The van der Waals surface area contributed by atoms with Crippen LogP contribution in [0, 0.1) is 0 Å². The maximum absolute atomic E-state index is 8.53. The van der Waals surface area contributed by atoms with Gasteiger partial charge in [-0.3, -0.25) is 0 Å². The fourth-order valence-electron chi connectivity index (χ4n) is 1.07. The average Bonchev–Trinajstić information content (AvgIpc) is 2.67. The molecule has 0 bridgehead atoms. The zero-order valence-corrected chi connectivity index (χ0v) is 6.30. The number of methoxy groups -OCH3 is 1. The van der Waals surface area contributed by atoms with Crippen molar-refractivity contribution >= 4 is 0 Å². The van der Waals surface area contributed by atoms with Gasteiger partial charge in [0, 0.05) is 13.7 Å². The molecule has 60 valence electrons. The molecule has 1 fully saturated rings. The molecular weight excluding hydrogens is 132 g/mol. The summed E-state index contributed by atoms with van der Waals surface area (Å²) in [6, 6.07) is 0. The zero-order valence-electron chi connectivity index (χ0n) is 6.30. The van der Waals surface area contributed by atoms with Crippen LogP contribution < -0.4 is 0 Å². The Bertz CT molecular complexity index is 99.0. The van der Waals surface area contributed by atoms with E-state index in [9.17, 15) is 0 Å². The molecule has 1 aliphatic heterocycles. The largest absolute Gasteiger partial charge is 0.396 e. The molecule has 3 nitrogen and oxygen atoms in total. The number of aliphatic hydroxyl groups is 1. The van der Waals surface area contributed by atoms with Crippen molar-refractivity contribution in [2.75, 3.05) is 26.9 Å². The normalized spacial score (nSPS) is 30.6. The molecule has 0 aromatic rings. The fourth-order valence-corrected chi connectivity index (χ4v) is 1.07. The van der Waals surface area contributed by atoms with Gasteiger partial charge in [0.25, 0.3) is 0 Å². The molecule has 0 radical (unpaired) electrons. The van der Waals surface area contributed by atoms with Crippen LogP contribution in [0.4, 0.5) is 0 Å². The van der Waals surface area contributed by atoms with Gasteiger partial charge < -0.3 is 14.6 Å². The van der Waals surface area contributed by atoms with Crippen molar-refractivity contribution < 1.29 is 14.6 Å². The van der Waals surface area contributed by atoms with Gasteiger partial charge in [0.2, 0.25) is 0 Å². The van der Waals surface area contributed by atoms with Crippen molar-refractivity contribution in [2.45, 2.75) is 18.4 Å². The molecule has 1 atom stereocenters. The average molecular weight is 146 g/mol. The molecule has 0 aromatic heterocycles. The first-order valence-corrected chi connectivity index (χ1v) is 3.57. The zero-order chi connectivity index (χ0) is 7.45. The monoisotopic (exact) mass is 146 g/mol. The second-order valence-electron chi connectivity index (χ2n) is 2.73. The van der Waals surface area contributed by atoms with Crippen LogP contribution in [0.3, 0.4) is 0 Å². The third kappa shape index (κ3) is 1.94. The number of aliphatic hydroxyl groups excluding tert-OH is 1. The molecule has 0 aromatic carbocycles.